The summed E-state index contributed by atoms with van der Waals surface area (Å²) in [6.07, 6.45) is 2.44. The van der Waals surface area contributed by atoms with Crippen LogP contribution in [0.5, 0.6) is 0 Å². The number of aliphatic imine (C=N–C) groups is 1. The van der Waals surface area contributed by atoms with E-state index in [2.05, 4.69) is 28.7 Å². The summed E-state index contributed by atoms with van der Waals surface area (Å²) in [4.78, 5) is 3.84. The van der Waals surface area contributed by atoms with Crippen LogP contribution in [0.15, 0.2) is 4.99 Å². The Hall–Kier alpha value is -0.410. The second-order valence-corrected chi connectivity index (χ2v) is 2.80. The van der Waals surface area contributed by atoms with E-state index in [0.717, 1.165) is 6.54 Å². The van der Waals surface area contributed by atoms with Gasteiger partial charge < -0.3 is 0 Å². The first kappa shape index (κ1) is 10.6. The van der Waals surface area contributed by atoms with Crippen LogP contribution in [0.1, 0.15) is 19.8 Å². The molecule has 0 radical (unpaired) electrons. The van der Waals surface area contributed by atoms with Crippen LogP contribution in [0.2, 0.25) is 0 Å². The summed E-state index contributed by atoms with van der Waals surface area (Å²) >= 11 is 0. The van der Waals surface area contributed by atoms with Crippen molar-refractivity contribution >= 4 is 6.72 Å². The maximum absolute atomic E-state index is 3.84. The lowest BCUT2D eigenvalue weighted by Crippen LogP contribution is -2.37. The molecule has 0 spiro atoms. The minimum atomic E-state index is 0.701. The Labute approximate surface area is 69.7 Å². The predicted molar refractivity (Wildman–Crippen MR) is 49.7 cm³/mol. The molecule has 0 rings (SSSR count). The first-order chi connectivity index (χ1) is 5.22. The first-order valence-electron chi connectivity index (χ1n) is 4.07. The van der Waals surface area contributed by atoms with Gasteiger partial charge in [-0.15, -0.1) is 0 Å². The van der Waals surface area contributed by atoms with E-state index in [4.69, 9.17) is 0 Å². The maximum atomic E-state index is 3.84. The third-order valence-electron chi connectivity index (χ3n) is 1.60. The minimum Gasteiger partial charge on any atom is -0.284 e. The molecule has 0 bridgehead atoms. The van der Waals surface area contributed by atoms with Crippen molar-refractivity contribution in [2.24, 2.45) is 4.99 Å². The smallest absolute Gasteiger partial charge is 0.103 e. The van der Waals surface area contributed by atoms with Crippen LogP contribution in [-0.2, 0) is 0 Å². The van der Waals surface area contributed by atoms with Crippen molar-refractivity contribution in [1.82, 2.24) is 10.0 Å². The molecule has 0 N–H and O–H groups in total. The lowest BCUT2D eigenvalue weighted by atomic mass is 10.3. The van der Waals surface area contributed by atoms with Crippen LogP contribution in [0.4, 0.5) is 0 Å². The highest BCUT2D eigenvalue weighted by Gasteiger charge is 2.03. The summed E-state index contributed by atoms with van der Waals surface area (Å²) in [5.74, 6) is 0. The fourth-order valence-electron chi connectivity index (χ4n) is 0.853. The van der Waals surface area contributed by atoms with E-state index in [1.165, 1.54) is 12.8 Å². The highest BCUT2D eigenvalue weighted by Crippen LogP contribution is 1.96. The molecule has 0 amide bonds. The third-order valence-corrected chi connectivity index (χ3v) is 1.60. The van der Waals surface area contributed by atoms with Gasteiger partial charge in [0, 0.05) is 20.6 Å². The molecule has 0 aromatic heterocycles. The largest absolute Gasteiger partial charge is 0.284 e. The third kappa shape index (κ3) is 4.93. The van der Waals surface area contributed by atoms with Crippen LogP contribution < -0.4 is 0 Å². The summed E-state index contributed by atoms with van der Waals surface area (Å²) in [5, 5.41) is 4.22. The number of nitrogens with zero attached hydrogens (tertiary/aromatic N) is 3. The monoisotopic (exact) mass is 157 g/mol. The van der Waals surface area contributed by atoms with Crippen LogP contribution in [0.25, 0.3) is 0 Å². The second kappa shape index (κ2) is 6.31. The van der Waals surface area contributed by atoms with E-state index >= 15 is 0 Å². The van der Waals surface area contributed by atoms with Gasteiger partial charge in [-0.25, -0.2) is 10.0 Å². The molecule has 0 aliphatic carbocycles. The van der Waals surface area contributed by atoms with Crippen molar-refractivity contribution in [3.05, 3.63) is 0 Å². The van der Waals surface area contributed by atoms with Gasteiger partial charge in [0.25, 0.3) is 0 Å². The Balaban J connectivity index is 3.59. The van der Waals surface area contributed by atoms with Gasteiger partial charge in [-0.2, -0.15) is 0 Å². The average Bonchev–Trinajstić information content (AvgIpc) is 1.97. The Morgan fingerprint density at radius 2 is 2.00 bits per heavy atom. The Morgan fingerprint density at radius 3 is 2.36 bits per heavy atom. The number of hydrogen-bond acceptors (Lipinski definition) is 3. The van der Waals surface area contributed by atoms with Crippen LogP contribution in [-0.4, -0.2) is 44.0 Å². The van der Waals surface area contributed by atoms with E-state index in [1.54, 1.807) is 0 Å². The molecule has 0 fully saturated rings. The molecule has 0 aliphatic rings. The van der Waals surface area contributed by atoms with Crippen molar-refractivity contribution in [1.29, 1.82) is 0 Å². The van der Waals surface area contributed by atoms with Crippen molar-refractivity contribution in [2.75, 3.05) is 27.3 Å². The van der Waals surface area contributed by atoms with E-state index in [9.17, 15) is 0 Å². The zero-order valence-corrected chi connectivity index (χ0v) is 7.88. The molecule has 0 saturated heterocycles. The zero-order chi connectivity index (χ0) is 8.69. The summed E-state index contributed by atoms with van der Waals surface area (Å²) in [7, 11) is 4.06. The lowest BCUT2D eigenvalue weighted by molar-refractivity contribution is 0.0275. The van der Waals surface area contributed by atoms with Crippen LogP contribution in [0.3, 0.4) is 0 Å². The molecule has 0 aromatic rings. The normalized spacial score (nSPS) is 11.0. The first-order valence-corrected chi connectivity index (χ1v) is 4.07. The topological polar surface area (TPSA) is 18.8 Å². The Kier molecular flexibility index (Phi) is 6.07. The van der Waals surface area contributed by atoms with Gasteiger partial charge in [0.05, 0.1) is 0 Å². The standard InChI is InChI=1S/C8H19N3/c1-5-6-7-11(8-9-2)10(3)4/h2,5-8H2,1,3-4H3. The van der Waals surface area contributed by atoms with E-state index in [1.807, 2.05) is 14.1 Å². The van der Waals surface area contributed by atoms with Gasteiger partial charge in [0.2, 0.25) is 0 Å². The lowest BCUT2D eigenvalue weighted by Gasteiger charge is -2.26. The van der Waals surface area contributed by atoms with Crippen molar-refractivity contribution in [3.8, 4) is 0 Å². The minimum absolute atomic E-state index is 0.701. The van der Waals surface area contributed by atoms with E-state index in [0.29, 0.717) is 6.67 Å². The summed E-state index contributed by atoms with van der Waals surface area (Å²) in [6.45, 7) is 7.44. The molecular formula is C8H19N3. The Morgan fingerprint density at radius 1 is 1.36 bits per heavy atom. The SMILES string of the molecule is C=NCN(CCCC)N(C)C. The van der Waals surface area contributed by atoms with E-state index < -0.39 is 0 Å². The van der Waals surface area contributed by atoms with Gasteiger partial charge in [0.15, 0.2) is 0 Å². The molecule has 11 heavy (non-hydrogen) atoms. The van der Waals surface area contributed by atoms with Crippen LogP contribution in [0, 0.1) is 0 Å². The molecule has 0 unspecified atom stereocenters. The van der Waals surface area contributed by atoms with E-state index in [-0.39, 0.29) is 0 Å². The molecule has 0 atom stereocenters. The Bertz CT molecular complexity index is 102. The van der Waals surface area contributed by atoms with Gasteiger partial charge in [0.1, 0.15) is 6.67 Å². The number of unbranched alkanes of at least 4 members (excludes halogenated alkanes) is 1. The maximum Gasteiger partial charge on any atom is 0.103 e. The van der Waals surface area contributed by atoms with Gasteiger partial charge in [-0.05, 0) is 13.1 Å². The molecular weight excluding hydrogens is 138 g/mol. The molecule has 3 nitrogen and oxygen atoms in total. The molecule has 3 heteroatoms. The molecule has 0 aromatic carbocycles. The number of hydrogen-bond donors (Lipinski definition) is 0. The second-order valence-electron chi connectivity index (χ2n) is 2.80. The molecule has 0 aliphatic heterocycles. The highest BCUT2D eigenvalue weighted by atomic mass is 15.6. The van der Waals surface area contributed by atoms with Crippen molar-refractivity contribution in [3.63, 3.8) is 0 Å². The fourth-order valence-corrected chi connectivity index (χ4v) is 0.853. The fraction of sp³-hybridized carbons (Fsp3) is 0.875. The number of rotatable bonds is 6. The quantitative estimate of drug-likeness (QED) is 0.426. The van der Waals surface area contributed by atoms with Gasteiger partial charge in [-0.1, -0.05) is 13.3 Å². The molecule has 0 saturated carbocycles. The van der Waals surface area contributed by atoms with Crippen molar-refractivity contribution < 1.29 is 0 Å². The number of hydrazine groups is 1. The van der Waals surface area contributed by atoms with Gasteiger partial charge in [-0.3, -0.25) is 4.99 Å². The summed E-state index contributed by atoms with van der Waals surface area (Å²) in [6, 6.07) is 0. The zero-order valence-electron chi connectivity index (χ0n) is 7.88. The summed E-state index contributed by atoms with van der Waals surface area (Å²) in [5.41, 5.74) is 0. The average molecular weight is 157 g/mol. The molecule has 0 heterocycles. The van der Waals surface area contributed by atoms with Gasteiger partial charge >= 0.3 is 0 Å². The summed E-state index contributed by atoms with van der Waals surface area (Å²) < 4.78 is 0. The van der Waals surface area contributed by atoms with Crippen molar-refractivity contribution in [2.45, 2.75) is 19.8 Å². The predicted octanol–water partition coefficient (Wildman–Crippen LogP) is 1.22. The van der Waals surface area contributed by atoms with Crippen LogP contribution >= 0.6 is 0 Å². The highest BCUT2D eigenvalue weighted by molar-refractivity contribution is 5.22. The molecule has 66 valence electrons.